The number of nitrogens with one attached hydrogen (secondary N) is 1. The molecule has 0 amide bonds. The SMILES string of the molecule is Cn1cc(-c2ccnc(C3CNC3)n2)c2ccccc21. The van der Waals surface area contributed by atoms with Crippen molar-refractivity contribution < 1.29 is 0 Å². The standard InChI is InChI=1S/C16H16N4/c1-20-10-13(12-4-2-3-5-15(12)20)14-6-7-18-16(19-14)11-8-17-9-11/h2-7,10-11,17H,8-9H2,1H3. The molecule has 0 atom stereocenters. The Morgan fingerprint density at radius 3 is 2.85 bits per heavy atom. The molecule has 0 bridgehead atoms. The van der Waals surface area contributed by atoms with Gasteiger partial charge in [0.05, 0.1) is 5.69 Å². The molecule has 1 saturated heterocycles. The second-order valence-corrected chi connectivity index (χ2v) is 5.33. The van der Waals surface area contributed by atoms with E-state index in [1.807, 2.05) is 12.3 Å². The van der Waals surface area contributed by atoms with Crippen LogP contribution in [0, 0.1) is 0 Å². The van der Waals surface area contributed by atoms with Gasteiger partial charge in [0, 0.05) is 54.9 Å². The second-order valence-electron chi connectivity index (χ2n) is 5.33. The van der Waals surface area contributed by atoms with Crippen LogP contribution in [0.3, 0.4) is 0 Å². The number of aryl methyl sites for hydroxylation is 1. The Morgan fingerprint density at radius 1 is 1.20 bits per heavy atom. The van der Waals surface area contributed by atoms with E-state index in [0.29, 0.717) is 5.92 Å². The smallest absolute Gasteiger partial charge is 0.134 e. The van der Waals surface area contributed by atoms with Crippen molar-refractivity contribution >= 4 is 10.9 Å². The largest absolute Gasteiger partial charge is 0.350 e. The minimum Gasteiger partial charge on any atom is -0.350 e. The number of rotatable bonds is 2. The van der Waals surface area contributed by atoms with Crippen molar-refractivity contribution in [2.24, 2.45) is 7.05 Å². The summed E-state index contributed by atoms with van der Waals surface area (Å²) in [5.41, 5.74) is 3.42. The van der Waals surface area contributed by atoms with E-state index < -0.39 is 0 Å². The van der Waals surface area contributed by atoms with Crippen molar-refractivity contribution in [3.8, 4) is 11.3 Å². The molecule has 4 rings (SSSR count). The summed E-state index contributed by atoms with van der Waals surface area (Å²) in [6.07, 6.45) is 4.02. The van der Waals surface area contributed by atoms with Crippen LogP contribution in [0.25, 0.3) is 22.2 Å². The predicted molar refractivity (Wildman–Crippen MR) is 79.6 cm³/mol. The highest BCUT2D eigenvalue weighted by molar-refractivity contribution is 5.95. The molecule has 0 saturated carbocycles. The van der Waals surface area contributed by atoms with Crippen molar-refractivity contribution in [1.29, 1.82) is 0 Å². The van der Waals surface area contributed by atoms with E-state index in [-0.39, 0.29) is 0 Å². The third kappa shape index (κ3) is 1.72. The monoisotopic (exact) mass is 264 g/mol. The molecule has 3 aromatic rings. The van der Waals surface area contributed by atoms with Crippen LogP contribution in [0.5, 0.6) is 0 Å². The van der Waals surface area contributed by atoms with Gasteiger partial charge in [-0.3, -0.25) is 0 Å². The summed E-state index contributed by atoms with van der Waals surface area (Å²) in [5.74, 6) is 1.42. The molecule has 1 aliphatic rings. The van der Waals surface area contributed by atoms with E-state index in [0.717, 1.165) is 24.6 Å². The molecule has 20 heavy (non-hydrogen) atoms. The molecule has 0 aliphatic carbocycles. The lowest BCUT2D eigenvalue weighted by Crippen LogP contribution is -2.40. The molecule has 0 spiro atoms. The Labute approximate surface area is 117 Å². The first kappa shape index (κ1) is 11.6. The van der Waals surface area contributed by atoms with Gasteiger partial charge >= 0.3 is 0 Å². The van der Waals surface area contributed by atoms with Gasteiger partial charge in [-0.05, 0) is 12.1 Å². The van der Waals surface area contributed by atoms with Crippen molar-refractivity contribution in [3.05, 3.63) is 48.5 Å². The van der Waals surface area contributed by atoms with Crippen molar-refractivity contribution in [2.45, 2.75) is 5.92 Å². The number of para-hydroxylation sites is 1. The first-order valence-corrected chi connectivity index (χ1v) is 6.91. The zero-order chi connectivity index (χ0) is 13.5. The molecule has 0 unspecified atom stereocenters. The molecule has 1 fully saturated rings. The Morgan fingerprint density at radius 2 is 2.05 bits per heavy atom. The van der Waals surface area contributed by atoms with Crippen LogP contribution < -0.4 is 5.32 Å². The van der Waals surface area contributed by atoms with Gasteiger partial charge in [-0.15, -0.1) is 0 Å². The molecule has 4 heteroatoms. The number of nitrogens with zero attached hydrogens (tertiary/aromatic N) is 3. The van der Waals surface area contributed by atoms with E-state index in [1.54, 1.807) is 0 Å². The number of hydrogen-bond donors (Lipinski definition) is 1. The molecular formula is C16H16N4. The summed E-state index contributed by atoms with van der Waals surface area (Å²) in [5, 5.41) is 4.51. The Balaban J connectivity index is 1.86. The quantitative estimate of drug-likeness (QED) is 0.772. The lowest BCUT2D eigenvalue weighted by molar-refractivity contribution is 0.430. The van der Waals surface area contributed by atoms with Crippen molar-refractivity contribution in [1.82, 2.24) is 19.9 Å². The zero-order valence-corrected chi connectivity index (χ0v) is 11.4. The lowest BCUT2D eigenvalue weighted by atomic mass is 10.0. The van der Waals surface area contributed by atoms with Crippen LogP contribution in [0.4, 0.5) is 0 Å². The van der Waals surface area contributed by atoms with Gasteiger partial charge in [-0.25, -0.2) is 9.97 Å². The first-order chi connectivity index (χ1) is 9.83. The molecule has 100 valence electrons. The topological polar surface area (TPSA) is 42.7 Å². The normalized spacial score (nSPS) is 15.4. The fourth-order valence-electron chi connectivity index (χ4n) is 2.74. The molecule has 2 aromatic heterocycles. The fraction of sp³-hybridized carbons (Fsp3) is 0.250. The van der Waals surface area contributed by atoms with Crippen LogP contribution in [0.1, 0.15) is 11.7 Å². The summed E-state index contributed by atoms with van der Waals surface area (Å²) in [7, 11) is 2.07. The van der Waals surface area contributed by atoms with E-state index in [9.17, 15) is 0 Å². The molecule has 0 radical (unpaired) electrons. The molecule has 1 aromatic carbocycles. The highest BCUT2D eigenvalue weighted by Crippen LogP contribution is 2.29. The summed E-state index contributed by atoms with van der Waals surface area (Å²) in [4.78, 5) is 9.18. The van der Waals surface area contributed by atoms with E-state index >= 15 is 0 Å². The number of aromatic nitrogens is 3. The van der Waals surface area contributed by atoms with E-state index in [2.05, 4.69) is 52.4 Å². The Bertz CT molecular complexity index is 771. The average Bonchev–Trinajstić information content (AvgIpc) is 2.75. The van der Waals surface area contributed by atoms with Crippen molar-refractivity contribution in [3.63, 3.8) is 0 Å². The molecule has 4 nitrogen and oxygen atoms in total. The summed E-state index contributed by atoms with van der Waals surface area (Å²) >= 11 is 0. The lowest BCUT2D eigenvalue weighted by Gasteiger charge is -2.25. The van der Waals surface area contributed by atoms with Gasteiger partial charge in [-0.2, -0.15) is 0 Å². The van der Waals surface area contributed by atoms with Crippen LogP contribution in [-0.2, 0) is 7.05 Å². The van der Waals surface area contributed by atoms with Crippen LogP contribution in [0.15, 0.2) is 42.7 Å². The van der Waals surface area contributed by atoms with Gasteiger partial charge in [-0.1, -0.05) is 18.2 Å². The maximum absolute atomic E-state index is 4.76. The average molecular weight is 264 g/mol. The second kappa shape index (κ2) is 4.42. The van der Waals surface area contributed by atoms with Crippen LogP contribution in [-0.4, -0.2) is 27.6 Å². The summed E-state index contributed by atoms with van der Waals surface area (Å²) in [6, 6.07) is 10.4. The van der Waals surface area contributed by atoms with E-state index in [4.69, 9.17) is 4.98 Å². The third-order valence-electron chi connectivity index (χ3n) is 3.99. The maximum Gasteiger partial charge on any atom is 0.134 e. The highest BCUT2D eigenvalue weighted by atomic mass is 15.0. The minimum absolute atomic E-state index is 0.463. The minimum atomic E-state index is 0.463. The molecule has 1 N–H and O–H groups in total. The molecular weight excluding hydrogens is 248 g/mol. The maximum atomic E-state index is 4.76. The summed E-state index contributed by atoms with van der Waals surface area (Å²) in [6.45, 7) is 1.97. The zero-order valence-electron chi connectivity index (χ0n) is 11.4. The van der Waals surface area contributed by atoms with Crippen LogP contribution in [0.2, 0.25) is 0 Å². The number of fused-ring (bicyclic) bond motifs is 1. The van der Waals surface area contributed by atoms with Crippen molar-refractivity contribution in [2.75, 3.05) is 13.1 Å². The molecule has 3 heterocycles. The van der Waals surface area contributed by atoms with Gasteiger partial charge in [0.1, 0.15) is 5.82 Å². The third-order valence-corrected chi connectivity index (χ3v) is 3.99. The Hall–Kier alpha value is -2.20. The number of hydrogen-bond acceptors (Lipinski definition) is 3. The number of benzene rings is 1. The first-order valence-electron chi connectivity index (χ1n) is 6.91. The van der Waals surface area contributed by atoms with Gasteiger partial charge in [0.15, 0.2) is 0 Å². The van der Waals surface area contributed by atoms with Gasteiger partial charge < -0.3 is 9.88 Å². The highest BCUT2D eigenvalue weighted by Gasteiger charge is 2.22. The van der Waals surface area contributed by atoms with Gasteiger partial charge in [0.2, 0.25) is 0 Å². The summed E-state index contributed by atoms with van der Waals surface area (Å²) < 4.78 is 2.15. The predicted octanol–water partition coefficient (Wildman–Crippen LogP) is 2.32. The van der Waals surface area contributed by atoms with E-state index in [1.165, 1.54) is 16.5 Å². The Kier molecular flexibility index (Phi) is 2.57. The fourth-order valence-corrected chi connectivity index (χ4v) is 2.74. The van der Waals surface area contributed by atoms with Crippen LogP contribution >= 0.6 is 0 Å². The molecule has 1 aliphatic heterocycles. The van der Waals surface area contributed by atoms with Gasteiger partial charge in [0.25, 0.3) is 0 Å².